The van der Waals surface area contributed by atoms with Crippen molar-refractivity contribution < 1.29 is 17.2 Å². The van der Waals surface area contributed by atoms with E-state index in [-0.39, 0.29) is 10.6 Å². The predicted octanol–water partition coefficient (Wildman–Crippen LogP) is 4.13. The van der Waals surface area contributed by atoms with Crippen molar-refractivity contribution in [3.8, 4) is 21.8 Å². The van der Waals surface area contributed by atoms with Crippen LogP contribution in [0.4, 0.5) is 14.5 Å². The number of rotatable bonds is 4. The van der Waals surface area contributed by atoms with Gasteiger partial charge in [-0.2, -0.15) is 0 Å². The summed E-state index contributed by atoms with van der Waals surface area (Å²) in [5, 5.41) is 1.94. The lowest BCUT2D eigenvalue weighted by Crippen LogP contribution is -2.09. The van der Waals surface area contributed by atoms with E-state index in [1.54, 1.807) is 29.6 Å². The third kappa shape index (κ3) is 3.60. The van der Waals surface area contributed by atoms with Crippen LogP contribution in [-0.2, 0) is 10.0 Å². The van der Waals surface area contributed by atoms with E-state index in [9.17, 15) is 17.2 Å². The predicted molar refractivity (Wildman–Crippen MR) is 91.4 cm³/mol. The lowest BCUT2D eigenvalue weighted by Gasteiger charge is -2.04. The number of nitrogens with zero attached hydrogens (tertiary/aromatic N) is 1. The highest BCUT2D eigenvalue weighted by molar-refractivity contribution is 7.92. The Morgan fingerprint density at radius 2 is 1.67 bits per heavy atom. The van der Waals surface area contributed by atoms with Gasteiger partial charge in [-0.3, -0.25) is 4.72 Å². The van der Waals surface area contributed by atoms with Gasteiger partial charge in [0, 0.05) is 16.6 Å². The van der Waals surface area contributed by atoms with Crippen molar-refractivity contribution in [2.45, 2.75) is 0 Å². The quantitative estimate of drug-likeness (QED) is 0.755. The van der Waals surface area contributed by atoms with Gasteiger partial charge >= 0.3 is 0 Å². The summed E-state index contributed by atoms with van der Waals surface area (Å²) in [7, 11) is -3.34. The molecular formula is C16H12F2N2O2S2. The first-order chi connectivity index (χ1) is 11.3. The third-order valence-electron chi connectivity index (χ3n) is 3.16. The number of hydrogen-bond acceptors (Lipinski definition) is 4. The van der Waals surface area contributed by atoms with Gasteiger partial charge in [-0.15, -0.1) is 11.3 Å². The number of thiazole rings is 1. The number of aromatic nitrogens is 1. The Labute approximate surface area is 141 Å². The van der Waals surface area contributed by atoms with Crippen LogP contribution in [0.25, 0.3) is 21.8 Å². The van der Waals surface area contributed by atoms with Gasteiger partial charge < -0.3 is 0 Å². The molecule has 8 heteroatoms. The molecule has 0 bridgehead atoms. The molecule has 24 heavy (non-hydrogen) atoms. The molecule has 0 atom stereocenters. The maximum Gasteiger partial charge on any atom is 0.229 e. The van der Waals surface area contributed by atoms with Crippen molar-refractivity contribution in [1.82, 2.24) is 4.98 Å². The molecule has 0 amide bonds. The van der Waals surface area contributed by atoms with E-state index in [1.807, 2.05) is 0 Å². The fraction of sp³-hybridized carbons (Fsp3) is 0.0625. The van der Waals surface area contributed by atoms with Gasteiger partial charge in [0.1, 0.15) is 16.6 Å². The van der Waals surface area contributed by atoms with Crippen LogP contribution in [0.15, 0.2) is 47.8 Å². The number of nitrogens with one attached hydrogen (secondary N) is 1. The van der Waals surface area contributed by atoms with Crippen LogP contribution < -0.4 is 4.72 Å². The zero-order valence-electron chi connectivity index (χ0n) is 12.5. The van der Waals surface area contributed by atoms with Crippen LogP contribution in [0, 0.1) is 11.6 Å². The summed E-state index contributed by atoms with van der Waals surface area (Å²) in [5.74, 6) is -1.33. The zero-order chi connectivity index (χ0) is 17.3. The fourth-order valence-electron chi connectivity index (χ4n) is 2.15. The highest BCUT2D eigenvalue weighted by atomic mass is 32.2. The van der Waals surface area contributed by atoms with Crippen molar-refractivity contribution in [2.24, 2.45) is 0 Å². The molecule has 0 radical (unpaired) electrons. The second-order valence-electron chi connectivity index (χ2n) is 5.09. The van der Waals surface area contributed by atoms with E-state index >= 15 is 0 Å². The highest BCUT2D eigenvalue weighted by Gasteiger charge is 2.15. The number of benzene rings is 2. The largest absolute Gasteiger partial charge is 0.284 e. The average Bonchev–Trinajstić information content (AvgIpc) is 2.96. The molecule has 0 saturated heterocycles. The van der Waals surface area contributed by atoms with Gasteiger partial charge in [-0.25, -0.2) is 22.2 Å². The maximum absolute atomic E-state index is 13.8. The molecular weight excluding hydrogens is 354 g/mol. The molecule has 0 fully saturated rings. The van der Waals surface area contributed by atoms with Crippen LogP contribution in [-0.4, -0.2) is 19.7 Å². The van der Waals surface area contributed by atoms with Crippen molar-refractivity contribution in [3.05, 3.63) is 59.5 Å². The molecule has 1 aromatic heterocycles. The van der Waals surface area contributed by atoms with E-state index in [0.29, 0.717) is 16.9 Å². The van der Waals surface area contributed by atoms with E-state index < -0.39 is 21.7 Å². The Hall–Kier alpha value is -2.32. The lowest BCUT2D eigenvalue weighted by atomic mass is 10.1. The fourth-order valence-corrected chi connectivity index (χ4v) is 3.59. The topological polar surface area (TPSA) is 59.1 Å². The molecule has 0 saturated carbocycles. The highest BCUT2D eigenvalue weighted by Crippen LogP contribution is 2.32. The molecule has 0 aliphatic heterocycles. The number of hydrogen-bond donors (Lipinski definition) is 1. The molecule has 1 N–H and O–H groups in total. The van der Waals surface area contributed by atoms with Crippen LogP contribution >= 0.6 is 11.3 Å². The smallest absolute Gasteiger partial charge is 0.229 e. The van der Waals surface area contributed by atoms with Crippen molar-refractivity contribution in [3.63, 3.8) is 0 Å². The van der Waals surface area contributed by atoms with Gasteiger partial charge in [0.2, 0.25) is 10.0 Å². The Kier molecular flexibility index (Phi) is 4.33. The Bertz CT molecular complexity index is 963. The number of halogens is 2. The second-order valence-corrected chi connectivity index (χ2v) is 7.69. The Morgan fingerprint density at radius 3 is 2.25 bits per heavy atom. The van der Waals surface area contributed by atoms with Gasteiger partial charge in [-0.05, 0) is 24.3 Å². The molecule has 0 spiro atoms. The zero-order valence-corrected chi connectivity index (χ0v) is 14.1. The summed E-state index contributed by atoms with van der Waals surface area (Å²) in [5.41, 5.74) is 1.55. The molecule has 3 aromatic rings. The van der Waals surface area contributed by atoms with E-state index in [0.717, 1.165) is 17.6 Å². The molecule has 4 nitrogen and oxygen atoms in total. The minimum absolute atomic E-state index is 0.149. The van der Waals surface area contributed by atoms with E-state index in [4.69, 9.17) is 0 Å². The normalized spacial score (nSPS) is 11.5. The van der Waals surface area contributed by atoms with Crippen molar-refractivity contribution in [1.29, 1.82) is 0 Å². The summed E-state index contributed by atoms with van der Waals surface area (Å²) in [6.07, 6.45) is 1.07. The van der Waals surface area contributed by atoms with Crippen LogP contribution in [0.3, 0.4) is 0 Å². The Balaban J connectivity index is 1.91. The average molecular weight is 366 g/mol. The molecule has 3 rings (SSSR count). The van der Waals surface area contributed by atoms with Crippen molar-refractivity contribution in [2.75, 3.05) is 11.0 Å². The van der Waals surface area contributed by atoms with E-state index in [2.05, 4.69) is 9.71 Å². The molecule has 0 unspecified atom stereocenters. The first-order valence-electron chi connectivity index (χ1n) is 6.81. The van der Waals surface area contributed by atoms with Crippen LogP contribution in [0.5, 0.6) is 0 Å². The van der Waals surface area contributed by atoms with Gasteiger partial charge in [0.05, 0.1) is 17.5 Å². The molecule has 124 valence electrons. The van der Waals surface area contributed by atoms with Gasteiger partial charge in [0.25, 0.3) is 0 Å². The number of sulfonamides is 1. The van der Waals surface area contributed by atoms with Crippen LogP contribution in [0.1, 0.15) is 0 Å². The molecule has 2 aromatic carbocycles. The summed E-state index contributed by atoms with van der Waals surface area (Å²) in [4.78, 5) is 4.28. The van der Waals surface area contributed by atoms with Gasteiger partial charge in [0.15, 0.2) is 0 Å². The maximum atomic E-state index is 13.8. The van der Waals surface area contributed by atoms with Gasteiger partial charge in [-0.1, -0.05) is 18.2 Å². The summed E-state index contributed by atoms with van der Waals surface area (Å²) in [6, 6.07) is 10.2. The monoisotopic (exact) mass is 366 g/mol. The molecule has 1 heterocycles. The lowest BCUT2D eigenvalue weighted by molar-refractivity contribution is 0.589. The van der Waals surface area contributed by atoms with E-state index in [1.165, 1.54) is 18.2 Å². The minimum atomic E-state index is -3.34. The third-order valence-corrected chi connectivity index (χ3v) is 4.63. The Morgan fingerprint density at radius 1 is 1.04 bits per heavy atom. The first-order valence-corrected chi connectivity index (χ1v) is 9.59. The summed E-state index contributed by atoms with van der Waals surface area (Å²) < 4.78 is 52.4. The van der Waals surface area contributed by atoms with Crippen molar-refractivity contribution >= 4 is 27.0 Å². The van der Waals surface area contributed by atoms with Crippen LogP contribution in [0.2, 0.25) is 0 Å². The number of anilines is 1. The first kappa shape index (κ1) is 16.5. The molecule has 0 aliphatic carbocycles. The summed E-state index contributed by atoms with van der Waals surface area (Å²) >= 11 is 1.14. The standard InChI is InChI=1S/C16H12F2N2O2S2/c1-24(21,22)20-11-7-5-10(6-8-11)14-9-23-16(19-14)15-12(17)3-2-4-13(15)18/h2-9,20H,1H3. The molecule has 0 aliphatic rings. The second kappa shape index (κ2) is 6.29. The summed E-state index contributed by atoms with van der Waals surface area (Å²) in [6.45, 7) is 0. The minimum Gasteiger partial charge on any atom is -0.284 e. The SMILES string of the molecule is CS(=O)(=O)Nc1ccc(-c2csc(-c3c(F)cccc3F)n2)cc1.